The smallest absolute Gasteiger partial charge is 0.161 e. The van der Waals surface area contributed by atoms with Crippen molar-refractivity contribution in [1.29, 1.82) is 0 Å². The fourth-order valence-corrected chi connectivity index (χ4v) is 4.48. The molecule has 2 heterocycles. The van der Waals surface area contributed by atoms with Crippen LogP contribution >= 0.6 is 23.2 Å². The Kier molecular flexibility index (Phi) is 8.78. The second kappa shape index (κ2) is 12.0. The van der Waals surface area contributed by atoms with Gasteiger partial charge in [0.25, 0.3) is 0 Å². The Morgan fingerprint density at radius 2 is 1.91 bits per heavy atom. The number of aliphatic hydroxyl groups is 1. The number of ether oxygens (including phenoxy) is 3. The van der Waals surface area contributed by atoms with E-state index in [2.05, 4.69) is 16.1 Å². The van der Waals surface area contributed by atoms with E-state index in [0.29, 0.717) is 47.5 Å². The van der Waals surface area contributed by atoms with Crippen molar-refractivity contribution in [3.05, 3.63) is 70.5 Å². The molecule has 1 atom stereocenters. The average Bonchev–Trinajstić information content (AvgIpc) is 3.30. The molecule has 0 amide bonds. The molecular formula is C26H31Cl2N3O4. The minimum absolute atomic E-state index is 0.218. The number of hydrogen-bond donors (Lipinski definition) is 1. The van der Waals surface area contributed by atoms with Crippen LogP contribution in [0, 0.1) is 0 Å². The summed E-state index contributed by atoms with van der Waals surface area (Å²) in [6.45, 7) is 3.81. The molecule has 0 saturated carbocycles. The molecule has 1 aliphatic heterocycles. The predicted molar refractivity (Wildman–Crippen MR) is 137 cm³/mol. The van der Waals surface area contributed by atoms with Gasteiger partial charge in [-0.3, -0.25) is 9.58 Å². The zero-order chi connectivity index (χ0) is 24.7. The normalized spacial score (nSPS) is 18.7. The molecule has 7 nitrogen and oxygen atoms in total. The van der Waals surface area contributed by atoms with E-state index in [1.807, 2.05) is 29.1 Å². The number of rotatable bonds is 10. The van der Waals surface area contributed by atoms with Crippen LogP contribution in [-0.2, 0) is 13.1 Å². The molecule has 1 fully saturated rings. The Hall–Kier alpha value is -2.45. The van der Waals surface area contributed by atoms with Gasteiger partial charge in [-0.15, -0.1) is 0 Å². The van der Waals surface area contributed by atoms with Gasteiger partial charge in [-0.25, -0.2) is 0 Å². The summed E-state index contributed by atoms with van der Waals surface area (Å²) in [6.07, 6.45) is 5.84. The van der Waals surface area contributed by atoms with E-state index in [-0.39, 0.29) is 6.61 Å². The molecular weight excluding hydrogens is 489 g/mol. The summed E-state index contributed by atoms with van der Waals surface area (Å²) in [5.74, 6) is 2.03. The minimum Gasteiger partial charge on any atom is -0.493 e. The first-order valence-electron chi connectivity index (χ1n) is 11.7. The van der Waals surface area contributed by atoms with Crippen molar-refractivity contribution in [2.75, 3.05) is 33.4 Å². The number of aromatic nitrogens is 2. The van der Waals surface area contributed by atoms with Crippen LogP contribution in [0.1, 0.15) is 24.8 Å². The van der Waals surface area contributed by atoms with E-state index in [9.17, 15) is 5.11 Å². The van der Waals surface area contributed by atoms with Gasteiger partial charge in [0.05, 0.1) is 29.3 Å². The van der Waals surface area contributed by atoms with Crippen molar-refractivity contribution in [2.24, 2.45) is 0 Å². The molecule has 9 heteroatoms. The number of nitrogens with zero attached hydrogens (tertiary/aromatic N) is 3. The molecule has 0 aliphatic carbocycles. The summed E-state index contributed by atoms with van der Waals surface area (Å²) in [5.41, 5.74) is 0.249. The van der Waals surface area contributed by atoms with Gasteiger partial charge in [-0.1, -0.05) is 29.3 Å². The van der Waals surface area contributed by atoms with Crippen molar-refractivity contribution in [3.63, 3.8) is 0 Å². The molecule has 1 N–H and O–H groups in total. The van der Waals surface area contributed by atoms with E-state index >= 15 is 0 Å². The number of benzene rings is 2. The molecule has 1 unspecified atom stereocenters. The Bertz CT molecular complexity index is 1100. The lowest BCUT2D eigenvalue weighted by atomic mass is 9.96. The van der Waals surface area contributed by atoms with Gasteiger partial charge in [-0.2, -0.15) is 5.10 Å². The maximum atomic E-state index is 11.2. The SMILES string of the molecule is COc1ccc(CN2CCCC(O)(COc3ccc(Cl)c(Cl)c3)CC2)cc1OCCn1cccn1. The molecule has 1 aromatic heterocycles. The third-order valence-electron chi connectivity index (χ3n) is 6.18. The summed E-state index contributed by atoms with van der Waals surface area (Å²) in [6, 6.07) is 13.1. The number of methoxy groups -OCH3 is 1. The summed E-state index contributed by atoms with van der Waals surface area (Å²) < 4.78 is 19.2. The van der Waals surface area contributed by atoms with Gasteiger partial charge >= 0.3 is 0 Å². The standard InChI is InChI=1S/C26H31Cl2N3O4/c1-33-24-7-4-20(16-25(24)34-15-14-31-12-3-10-29-31)18-30-11-2-8-26(32,9-13-30)19-35-21-5-6-22(27)23(28)17-21/h3-7,10,12,16-17,32H,2,8-9,11,13-15,18-19H2,1H3. The molecule has 35 heavy (non-hydrogen) atoms. The van der Waals surface area contributed by atoms with E-state index in [1.54, 1.807) is 31.5 Å². The van der Waals surface area contributed by atoms with Crippen molar-refractivity contribution in [3.8, 4) is 17.2 Å². The second-order valence-electron chi connectivity index (χ2n) is 8.82. The molecule has 1 aliphatic rings. The fraction of sp³-hybridized carbons (Fsp3) is 0.423. The van der Waals surface area contributed by atoms with Gasteiger partial charge in [0.1, 0.15) is 19.0 Å². The zero-order valence-electron chi connectivity index (χ0n) is 19.8. The largest absolute Gasteiger partial charge is 0.493 e. The van der Waals surface area contributed by atoms with Gasteiger partial charge in [0.15, 0.2) is 11.5 Å². The van der Waals surface area contributed by atoms with Gasteiger partial charge < -0.3 is 19.3 Å². The topological polar surface area (TPSA) is 69.0 Å². The van der Waals surface area contributed by atoms with E-state index in [0.717, 1.165) is 37.4 Å². The van der Waals surface area contributed by atoms with Crippen LogP contribution in [-0.4, -0.2) is 58.8 Å². The van der Waals surface area contributed by atoms with Crippen LogP contribution in [0.25, 0.3) is 0 Å². The average molecular weight is 520 g/mol. The Morgan fingerprint density at radius 3 is 2.69 bits per heavy atom. The fourth-order valence-electron chi connectivity index (χ4n) is 4.19. The van der Waals surface area contributed by atoms with Gasteiger partial charge in [-0.05, 0) is 61.7 Å². The number of halogens is 2. The third kappa shape index (κ3) is 7.27. The van der Waals surface area contributed by atoms with Gasteiger partial charge in [0, 0.05) is 31.5 Å². The molecule has 3 aromatic rings. The van der Waals surface area contributed by atoms with Crippen molar-refractivity contribution >= 4 is 23.2 Å². The maximum Gasteiger partial charge on any atom is 0.161 e. The molecule has 0 spiro atoms. The lowest BCUT2D eigenvalue weighted by molar-refractivity contribution is -0.0168. The molecule has 4 rings (SSSR count). The molecule has 0 radical (unpaired) electrons. The van der Waals surface area contributed by atoms with Crippen LogP contribution in [0.2, 0.25) is 10.0 Å². The number of likely N-dealkylation sites (tertiary alicyclic amines) is 1. The summed E-state index contributed by atoms with van der Waals surface area (Å²) in [5, 5.41) is 16.3. The molecule has 1 saturated heterocycles. The summed E-state index contributed by atoms with van der Waals surface area (Å²) in [4.78, 5) is 2.35. The molecule has 2 aromatic carbocycles. The first-order chi connectivity index (χ1) is 16.9. The van der Waals surface area contributed by atoms with Crippen LogP contribution in [0.4, 0.5) is 0 Å². The minimum atomic E-state index is -0.887. The van der Waals surface area contributed by atoms with E-state index < -0.39 is 5.60 Å². The Balaban J connectivity index is 1.31. The maximum absolute atomic E-state index is 11.2. The van der Waals surface area contributed by atoms with E-state index in [1.165, 1.54) is 0 Å². The Labute approximate surface area is 216 Å². The highest BCUT2D eigenvalue weighted by Gasteiger charge is 2.31. The lowest BCUT2D eigenvalue weighted by Gasteiger charge is -2.27. The lowest BCUT2D eigenvalue weighted by Crippen LogP contribution is -2.37. The summed E-state index contributed by atoms with van der Waals surface area (Å²) in [7, 11) is 1.64. The third-order valence-corrected chi connectivity index (χ3v) is 6.92. The quantitative estimate of drug-likeness (QED) is 0.403. The Morgan fingerprint density at radius 1 is 1.03 bits per heavy atom. The van der Waals surface area contributed by atoms with Crippen molar-refractivity contribution < 1.29 is 19.3 Å². The van der Waals surface area contributed by atoms with Crippen molar-refractivity contribution in [1.82, 2.24) is 14.7 Å². The highest BCUT2D eigenvalue weighted by molar-refractivity contribution is 6.42. The predicted octanol–water partition coefficient (Wildman–Crippen LogP) is 5.07. The highest BCUT2D eigenvalue weighted by atomic mass is 35.5. The highest BCUT2D eigenvalue weighted by Crippen LogP contribution is 2.31. The van der Waals surface area contributed by atoms with Crippen LogP contribution in [0.3, 0.4) is 0 Å². The van der Waals surface area contributed by atoms with Crippen molar-refractivity contribution in [2.45, 2.75) is 38.0 Å². The monoisotopic (exact) mass is 519 g/mol. The first-order valence-corrected chi connectivity index (χ1v) is 12.5. The zero-order valence-corrected chi connectivity index (χ0v) is 21.3. The van der Waals surface area contributed by atoms with E-state index in [4.69, 9.17) is 37.4 Å². The van der Waals surface area contributed by atoms with Gasteiger partial charge in [0.2, 0.25) is 0 Å². The second-order valence-corrected chi connectivity index (χ2v) is 9.64. The van der Waals surface area contributed by atoms with Crippen LogP contribution in [0.5, 0.6) is 17.2 Å². The molecule has 188 valence electrons. The van der Waals surface area contributed by atoms with Crippen LogP contribution < -0.4 is 14.2 Å². The first kappa shape index (κ1) is 25.6. The number of hydrogen-bond acceptors (Lipinski definition) is 6. The summed E-state index contributed by atoms with van der Waals surface area (Å²) >= 11 is 12.0. The molecule has 0 bridgehead atoms. The van der Waals surface area contributed by atoms with Crippen LogP contribution in [0.15, 0.2) is 54.9 Å².